The average Bonchev–Trinajstić information content (AvgIpc) is 2.22. The third-order valence-corrected chi connectivity index (χ3v) is 6.27. The molecule has 0 aliphatic heterocycles. The smallest absolute Gasteiger partial charge is 0.302 e. The van der Waals surface area contributed by atoms with Crippen LogP contribution in [0.2, 0.25) is 0 Å². The van der Waals surface area contributed by atoms with E-state index in [1.165, 1.54) is 0 Å². The summed E-state index contributed by atoms with van der Waals surface area (Å²) in [6, 6.07) is 0. The van der Waals surface area contributed by atoms with Crippen LogP contribution in [-0.2, 0) is 31.4 Å². The molecule has 13 heteroatoms. The van der Waals surface area contributed by atoms with E-state index in [0.717, 1.165) is 0 Å². The molecule has 10 nitrogen and oxygen atoms in total. The maximum absolute atomic E-state index is 12.3. The highest BCUT2D eigenvalue weighted by Crippen LogP contribution is 2.68. The van der Waals surface area contributed by atoms with Gasteiger partial charge in [0, 0.05) is 0 Å². The highest BCUT2D eigenvalue weighted by Gasteiger charge is 2.42. The number of rotatable bonds is 12. The fourth-order valence-electron chi connectivity index (χ4n) is 1.02. The first-order valence-electron chi connectivity index (χ1n) is 6.23. The zero-order valence-corrected chi connectivity index (χ0v) is 15.5. The zero-order valence-electron chi connectivity index (χ0n) is 12.8. The van der Waals surface area contributed by atoms with Gasteiger partial charge in [-0.1, -0.05) is 11.1 Å². The molecule has 0 rings (SSSR count). The Hall–Kier alpha value is -0.110. The van der Waals surface area contributed by atoms with Crippen LogP contribution in [0.3, 0.4) is 0 Å². The summed E-state index contributed by atoms with van der Waals surface area (Å²) in [5, 5.41) is 0. The quantitative estimate of drug-likeness (QED) is 0.332. The molecule has 136 valence electrons. The van der Waals surface area contributed by atoms with E-state index in [9.17, 15) is 18.6 Å². The van der Waals surface area contributed by atoms with Gasteiger partial charge in [-0.15, -0.1) is 13.2 Å². The van der Waals surface area contributed by atoms with E-state index in [-0.39, 0.29) is 26.1 Å². The van der Waals surface area contributed by atoms with Gasteiger partial charge in [0.1, 0.15) is 0 Å². The molecule has 0 saturated carbocycles. The van der Waals surface area contributed by atoms with Gasteiger partial charge in [0.25, 0.3) is 0 Å². The van der Waals surface area contributed by atoms with E-state index >= 15 is 0 Å². The van der Waals surface area contributed by atoms with Gasteiger partial charge < -0.3 is 14.7 Å². The van der Waals surface area contributed by atoms with Crippen LogP contribution in [0.4, 0.5) is 0 Å². The first-order chi connectivity index (χ1) is 10.2. The van der Waals surface area contributed by atoms with E-state index in [2.05, 4.69) is 21.8 Å². The van der Waals surface area contributed by atoms with Crippen molar-refractivity contribution in [3.8, 4) is 0 Å². The number of hydrogen-bond acceptors (Lipinski definition) is 7. The van der Waals surface area contributed by atoms with Crippen LogP contribution in [0.15, 0.2) is 24.3 Å². The van der Waals surface area contributed by atoms with Crippen LogP contribution < -0.4 is 0 Å². The maximum atomic E-state index is 12.3. The Morgan fingerprint density at radius 1 is 0.870 bits per heavy atom. The topological polar surface area (TPSA) is 149 Å². The monoisotopic (exact) mass is 394 g/mol. The molecule has 0 saturated heterocycles. The molecule has 23 heavy (non-hydrogen) atoms. The number of phosphoric acid groups is 3. The summed E-state index contributed by atoms with van der Waals surface area (Å²) in [4.78, 5) is 26.3. The Morgan fingerprint density at radius 3 is 1.57 bits per heavy atom. The number of phosphoric ester groups is 1. The SMILES string of the molecule is C=C(C)CCOP(=O)(OCCC(=C)C)OP(=O)(O)OP(=O)(O)O. The van der Waals surface area contributed by atoms with Gasteiger partial charge in [-0.2, -0.15) is 8.62 Å². The minimum absolute atomic E-state index is 0.213. The molecular formula is C10H21O10P3. The van der Waals surface area contributed by atoms with Crippen LogP contribution in [-0.4, -0.2) is 27.9 Å². The van der Waals surface area contributed by atoms with Gasteiger partial charge in [0.2, 0.25) is 0 Å². The average molecular weight is 394 g/mol. The van der Waals surface area contributed by atoms with Gasteiger partial charge >= 0.3 is 23.5 Å². The van der Waals surface area contributed by atoms with Gasteiger partial charge in [0.05, 0.1) is 13.2 Å². The highest BCUT2D eigenvalue weighted by atomic mass is 31.3. The molecule has 1 unspecified atom stereocenters. The Bertz CT molecular complexity index is 541. The summed E-state index contributed by atoms with van der Waals surface area (Å²) in [5.74, 6) is 0. The van der Waals surface area contributed by atoms with Crippen molar-refractivity contribution in [1.82, 2.24) is 0 Å². The first kappa shape index (κ1) is 22.9. The van der Waals surface area contributed by atoms with Crippen molar-refractivity contribution in [3.63, 3.8) is 0 Å². The van der Waals surface area contributed by atoms with Gasteiger partial charge in [0.15, 0.2) is 0 Å². The summed E-state index contributed by atoms with van der Waals surface area (Å²) >= 11 is 0. The van der Waals surface area contributed by atoms with E-state index < -0.39 is 23.5 Å². The van der Waals surface area contributed by atoms with Crippen molar-refractivity contribution in [2.24, 2.45) is 0 Å². The molecule has 0 amide bonds. The second-order valence-electron chi connectivity index (χ2n) is 4.65. The lowest BCUT2D eigenvalue weighted by Gasteiger charge is -2.20. The van der Waals surface area contributed by atoms with Crippen molar-refractivity contribution in [2.45, 2.75) is 26.7 Å². The van der Waals surface area contributed by atoms with E-state index in [0.29, 0.717) is 11.1 Å². The van der Waals surface area contributed by atoms with E-state index in [1.54, 1.807) is 13.8 Å². The lowest BCUT2D eigenvalue weighted by Crippen LogP contribution is -2.03. The lowest BCUT2D eigenvalue weighted by atomic mass is 10.3. The second-order valence-corrected chi connectivity index (χ2v) is 9.29. The van der Waals surface area contributed by atoms with Crippen molar-refractivity contribution in [2.75, 3.05) is 13.2 Å². The molecule has 0 bridgehead atoms. The first-order valence-corrected chi connectivity index (χ1v) is 10.7. The Kier molecular flexibility index (Phi) is 9.35. The van der Waals surface area contributed by atoms with Crippen molar-refractivity contribution < 1.29 is 46.0 Å². The molecule has 0 radical (unpaired) electrons. The predicted octanol–water partition coefficient (Wildman–Crippen LogP) is 3.29. The maximum Gasteiger partial charge on any atom is 0.490 e. The highest BCUT2D eigenvalue weighted by molar-refractivity contribution is 7.66. The van der Waals surface area contributed by atoms with E-state index in [4.69, 9.17) is 18.8 Å². The normalized spacial score (nSPS) is 15.2. The largest absolute Gasteiger partial charge is 0.490 e. The third-order valence-electron chi connectivity index (χ3n) is 1.97. The summed E-state index contributed by atoms with van der Waals surface area (Å²) in [6.45, 7) is 10.1. The summed E-state index contributed by atoms with van der Waals surface area (Å²) in [7, 11) is -15.3. The van der Waals surface area contributed by atoms with Crippen molar-refractivity contribution >= 4 is 23.5 Å². The fourth-order valence-corrected chi connectivity index (χ4v) is 4.58. The second kappa shape index (κ2) is 9.39. The van der Waals surface area contributed by atoms with Crippen LogP contribution in [0, 0.1) is 0 Å². The standard InChI is InChI=1S/C10H21O10P3/c1-9(2)5-7-17-23(16,18-8-6-10(3)4)20-22(14,15)19-21(11,12)13/h1,3,5-8H2,2,4H3,(H,14,15)(H2,11,12,13). The molecule has 3 N–H and O–H groups in total. The Morgan fingerprint density at radius 2 is 1.26 bits per heavy atom. The predicted molar refractivity (Wildman–Crippen MR) is 82.4 cm³/mol. The van der Waals surface area contributed by atoms with Gasteiger partial charge in [-0.25, -0.2) is 13.7 Å². The summed E-state index contributed by atoms with van der Waals surface area (Å²) in [5.41, 5.74) is 1.36. The molecule has 0 heterocycles. The number of hydrogen-bond donors (Lipinski definition) is 3. The van der Waals surface area contributed by atoms with E-state index in [1.807, 2.05) is 0 Å². The van der Waals surface area contributed by atoms with Crippen LogP contribution >= 0.6 is 23.5 Å². The fraction of sp³-hybridized carbons (Fsp3) is 0.600. The molecular weight excluding hydrogens is 373 g/mol. The summed E-state index contributed by atoms with van der Waals surface area (Å²) < 4.78 is 51.8. The molecule has 0 aromatic heterocycles. The molecule has 0 aliphatic carbocycles. The Labute approximate surface area is 134 Å². The molecule has 0 aliphatic rings. The van der Waals surface area contributed by atoms with Crippen LogP contribution in [0.5, 0.6) is 0 Å². The third kappa shape index (κ3) is 12.9. The summed E-state index contributed by atoms with van der Waals surface area (Å²) in [6.07, 6.45) is 0.512. The molecule has 0 aromatic carbocycles. The zero-order chi connectivity index (χ0) is 18.3. The van der Waals surface area contributed by atoms with Gasteiger partial charge in [-0.3, -0.25) is 9.05 Å². The Balaban J connectivity index is 4.98. The lowest BCUT2D eigenvalue weighted by molar-refractivity contribution is 0.139. The van der Waals surface area contributed by atoms with Crippen LogP contribution in [0.1, 0.15) is 26.7 Å². The van der Waals surface area contributed by atoms with Crippen molar-refractivity contribution in [1.29, 1.82) is 0 Å². The van der Waals surface area contributed by atoms with Crippen molar-refractivity contribution in [3.05, 3.63) is 24.3 Å². The van der Waals surface area contributed by atoms with Gasteiger partial charge in [-0.05, 0) is 26.7 Å². The molecule has 0 fully saturated rings. The molecule has 1 atom stereocenters. The minimum Gasteiger partial charge on any atom is -0.302 e. The minimum atomic E-state index is -5.38. The molecule has 0 aromatic rings. The molecule has 0 spiro atoms. The van der Waals surface area contributed by atoms with Crippen LogP contribution in [0.25, 0.3) is 0 Å².